The number of anilines is 1. The quantitative estimate of drug-likeness (QED) is 0.415. The largest absolute Gasteiger partial charge is 0.356 e. The van der Waals surface area contributed by atoms with Gasteiger partial charge in [0.05, 0.1) is 0 Å². The van der Waals surface area contributed by atoms with Crippen molar-refractivity contribution in [2.45, 2.75) is 20.3 Å². The average Bonchev–Trinajstić information content (AvgIpc) is 2.65. The molecule has 3 rings (SSSR count). The normalized spacial score (nSPS) is 14.7. The maximum Gasteiger partial charge on any atom is 0.225 e. The number of hydrogen-bond donors (Lipinski definition) is 1. The van der Waals surface area contributed by atoms with Crippen LogP contribution in [0.5, 0.6) is 0 Å². The molecule has 0 radical (unpaired) electrons. The van der Waals surface area contributed by atoms with E-state index in [0.29, 0.717) is 0 Å². The van der Waals surface area contributed by atoms with E-state index in [1.807, 2.05) is 13.1 Å². The van der Waals surface area contributed by atoms with E-state index in [1.165, 1.54) is 16.7 Å². The third-order valence-corrected chi connectivity index (χ3v) is 4.60. The molecular formula is C20H29IN6. The molecule has 1 saturated heterocycles. The summed E-state index contributed by atoms with van der Waals surface area (Å²) >= 11 is 0. The Morgan fingerprint density at radius 2 is 1.67 bits per heavy atom. The number of rotatable bonds is 4. The molecule has 0 spiro atoms. The molecule has 1 N–H and O–H groups in total. The van der Waals surface area contributed by atoms with Gasteiger partial charge in [-0.2, -0.15) is 0 Å². The molecular weight excluding hydrogens is 451 g/mol. The van der Waals surface area contributed by atoms with E-state index in [-0.39, 0.29) is 24.0 Å². The SMILES string of the molecule is CN=C(NCCc1cc(C)cc(C)c1)N1CCN(c2ncccn2)CC1.I. The van der Waals surface area contributed by atoms with E-state index < -0.39 is 0 Å². The summed E-state index contributed by atoms with van der Waals surface area (Å²) in [6, 6.07) is 8.58. The van der Waals surface area contributed by atoms with Crippen LogP contribution in [0.4, 0.5) is 5.95 Å². The van der Waals surface area contributed by atoms with Crippen molar-refractivity contribution in [1.82, 2.24) is 20.2 Å². The lowest BCUT2D eigenvalue weighted by atomic mass is 10.1. The number of hydrogen-bond acceptors (Lipinski definition) is 4. The molecule has 2 heterocycles. The van der Waals surface area contributed by atoms with Crippen LogP contribution >= 0.6 is 24.0 Å². The van der Waals surface area contributed by atoms with Gasteiger partial charge in [0.2, 0.25) is 5.95 Å². The van der Waals surface area contributed by atoms with E-state index in [4.69, 9.17) is 0 Å². The Labute approximate surface area is 179 Å². The number of halogens is 1. The number of aliphatic imine (C=N–C) groups is 1. The fraction of sp³-hybridized carbons (Fsp3) is 0.450. The lowest BCUT2D eigenvalue weighted by Crippen LogP contribution is -2.53. The Morgan fingerprint density at radius 3 is 2.26 bits per heavy atom. The summed E-state index contributed by atoms with van der Waals surface area (Å²) in [5.41, 5.74) is 4.02. The molecule has 0 bridgehead atoms. The minimum atomic E-state index is 0. The van der Waals surface area contributed by atoms with E-state index >= 15 is 0 Å². The van der Waals surface area contributed by atoms with Gasteiger partial charge in [0.25, 0.3) is 0 Å². The van der Waals surface area contributed by atoms with Crippen molar-refractivity contribution in [2.24, 2.45) is 4.99 Å². The summed E-state index contributed by atoms with van der Waals surface area (Å²) in [6.45, 7) is 8.84. The van der Waals surface area contributed by atoms with Gasteiger partial charge in [0.15, 0.2) is 5.96 Å². The summed E-state index contributed by atoms with van der Waals surface area (Å²) in [6.07, 6.45) is 4.59. The molecule has 1 aliphatic heterocycles. The van der Waals surface area contributed by atoms with Crippen LogP contribution in [-0.4, -0.2) is 60.6 Å². The van der Waals surface area contributed by atoms with Gasteiger partial charge in [-0.05, 0) is 31.9 Å². The summed E-state index contributed by atoms with van der Waals surface area (Å²) in [7, 11) is 1.85. The highest BCUT2D eigenvalue weighted by Gasteiger charge is 2.20. The van der Waals surface area contributed by atoms with Gasteiger partial charge < -0.3 is 15.1 Å². The fourth-order valence-corrected chi connectivity index (χ4v) is 3.44. The smallest absolute Gasteiger partial charge is 0.225 e. The number of nitrogens with one attached hydrogen (secondary N) is 1. The van der Waals surface area contributed by atoms with Gasteiger partial charge >= 0.3 is 0 Å². The molecule has 0 aliphatic carbocycles. The van der Waals surface area contributed by atoms with Crippen LogP contribution in [0.2, 0.25) is 0 Å². The fourth-order valence-electron chi connectivity index (χ4n) is 3.44. The molecule has 1 aromatic heterocycles. The van der Waals surface area contributed by atoms with E-state index in [1.54, 1.807) is 12.4 Å². The zero-order valence-corrected chi connectivity index (χ0v) is 18.7. The van der Waals surface area contributed by atoms with E-state index in [0.717, 1.165) is 51.1 Å². The second kappa shape index (κ2) is 10.4. The maximum atomic E-state index is 4.46. The minimum absolute atomic E-state index is 0. The van der Waals surface area contributed by atoms with Crippen LogP contribution in [0.25, 0.3) is 0 Å². The minimum Gasteiger partial charge on any atom is -0.356 e. The topological polar surface area (TPSA) is 56.7 Å². The van der Waals surface area contributed by atoms with Gasteiger partial charge in [-0.25, -0.2) is 9.97 Å². The number of aryl methyl sites for hydroxylation is 2. The number of nitrogens with zero attached hydrogens (tertiary/aromatic N) is 5. The third kappa shape index (κ3) is 6.05. The Hall–Kier alpha value is -1.90. The molecule has 1 aromatic carbocycles. The Kier molecular flexibility index (Phi) is 8.27. The van der Waals surface area contributed by atoms with Crippen molar-refractivity contribution < 1.29 is 0 Å². The highest BCUT2D eigenvalue weighted by atomic mass is 127. The van der Waals surface area contributed by atoms with Crippen molar-refractivity contribution in [3.8, 4) is 0 Å². The van der Waals surface area contributed by atoms with Gasteiger partial charge in [0.1, 0.15) is 0 Å². The molecule has 0 atom stereocenters. The third-order valence-electron chi connectivity index (χ3n) is 4.60. The van der Waals surface area contributed by atoms with Crippen molar-refractivity contribution >= 4 is 35.9 Å². The first kappa shape index (κ1) is 21.4. The van der Waals surface area contributed by atoms with Gasteiger partial charge in [-0.1, -0.05) is 29.3 Å². The van der Waals surface area contributed by atoms with Crippen LogP contribution in [0.3, 0.4) is 0 Å². The molecule has 0 unspecified atom stereocenters. The number of guanidine groups is 1. The van der Waals surface area contributed by atoms with Crippen LogP contribution in [0, 0.1) is 13.8 Å². The number of piperazine rings is 1. The van der Waals surface area contributed by atoms with Crippen molar-refractivity contribution in [1.29, 1.82) is 0 Å². The second-order valence-corrected chi connectivity index (χ2v) is 6.74. The van der Waals surface area contributed by atoms with Gasteiger partial charge in [-0.15, -0.1) is 24.0 Å². The summed E-state index contributed by atoms with van der Waals surface area (Å²) in [4.78, 5) is 17.7. The molecule has 27 heavy (non-hydrogen) atoms. The van der Waals surface area contributed by atoms with Crippen LogP contribution in [0.1, 0.15) is 16.7 Å². The maximum absolute atomic E-state index is 4.46. The van der Waals surface area contributed by atoms with Gasteiger partial charge in [-0.3, -0.25) is 4.99 Å². The van der Waals surface area contributed by atoms with E-state index in [9.17, 15) is 0 Å². The molecule has 6 nitrogen and oxygen atoms in total. The average molecular weight is 480 g/mol. The predicted octanol–water partition coefficient (Wildman–Crippen LogP) is 2.65. The van der Waals surface area contributed by atoms with Crippen LogP contribution in [-0.2, 0) is 6.42 Å². The molecule has 146 valence electrons. The lowest BCUT2D eigenvalue weighted by Gasteiger charge is -2.36. The standard InChI is InChI=1S/C20H28N6.HI/c1-16-13-17(2)15-18(14-16)5-8-24-19(21-3)25-9-11-26(12-10-25)20-22-6-4-7-23-20;/h4,6-7,13-15H,5,8-12H2,1-3H3,(H,21,24);1H. The molecule has 2 aromatic rings. The van der Waals surface area contributed by atoms with Crippen LogP contribution in [0.15, 0.2) is 41.7 Å². The first-order valence-electron chi connectivity index (χ1n) is 9.20. The van der Waals surface area contributed by atoms with Crippen molar-refractivity contribution in [3.63, 3.8) is 0 Å². The van der Waals surface area contributed by atoms with Crippen LogP contribution < -0.4 is 10.2 Å². The zero-order valence-electron chi connectivity index (χ0n) is 16.4. The highest BCUT2D eigenvalue weighted by molar-refractivity contribution is 14.0. The van der Waals surface area contributed by atoms with Crippen molar-refractivity contribution in [3.05, 3.63) is 53.3 Å². The second-order valence-electron chi connectivity index (χ2n) is 6.74. The first-order valence-corrected chi connectivity index (χ1v) is 9.20. The van der Waals surface area contributed by atoms with Gasteiger partial charge in [0, 0.05) is 52.2 Å². The molecule has 0 saturated carbocycles. The summed E-state index contributed by atoms with van der Waals surface area (Å²) < 4.78 is 0. The Morgan fingerprint density at radius 1 is 1.04 bits per heavy atom. The number of aromatic nitrogens is 2. The highest BCUT2D eigenvalue weighted by Crippen LogP contribution is 2.11. The molecule has 1 aliphatic rings. The lowest BCUT2D eigenvalue weighted by molar-refractivity contribution is 0.370. The number of benzene rings is 1. The Bertz CT molecular complexity index is 721. The van der Waals surface area contributed by atoms with E-state index in [2.05, 4.69) is 62.1 Å². The summed E-state index contributed by atoms with van der Waals surface area (Å²) in [5.74, 6) is 1.79. The molecule has 0 amide bonds. The monoisotopic (exact) mass is 480 g/mol. The summed E-state index contributed by atoms with van der Waals surface area (Å²) in [5, 5.41) is 3.51. The zero-order chi connectivity index (χ0) is 18.4. The Balaban J connectivity index is 0.00000261. The predicted molar refractivity (Wildman–Crippen MR) is 122 cm³/mol. The first-order chi connectivity index (χ1) is 12.7. The molecule has 7 heteroatoms. The molecule has 1 fully saturated rings. The van der Waals surface area contributed by atoms with Crippen molar-refractivity contribution in [2.75, 3.05) is 44.7 Å².